The third-order valence-electron chi connectivity index (χ3n) is 4.35. The van der Waals surface area contributed by atoms with E-state index in [0.29, 0.717) is 25.7 Å². The van der Waals surface area contributed by atoms with E-state index in [4.69, 9.17) is 4.74 Å². The number of hydrogen-bond acceptors (Lipinski definition) is 3. The van der Waals surface area contributed by atoms with Crippen molar-refractivity contribution in [3.8, 4) is 0 Å². The van der Waals surface area contributed by atoms with Crippen LogP contribution in [0.3, 0.4) is 0 Å². The van der Waals surface area contributed by atoms with Gasteiger partial charge in [-0.15, -0.1) is 24.0 Å². The van der Waals surface area contributed by atoms with E-state index in [9.17, 15) is 4.79 Å². The van der Waals surface area contributed by atoms with Crippen LogP contribution in [0.25, 0.3) is 0 Å². The molecule has 2 aromatic carbocycles. The highest BCUT2D eigenvalue weighted by Crippen LogP contribution is 2.23. The van der Waals surface area contributed by atoms with Crippen molar-refractivity contribution in [2.24, 2.45) is 4.99 Å². The van der Waals surface area contributed by atoms with Gasteiger partial charge in [0.1, 0.15) is 6.54 Å². The Morgan fingerprint density at radius 3 is 2.03 bits per heavy atom. The molecule has 0 bridgehead atoms. The van der Waals surface area contributed by atoms with Crippen molar-refractivity contribution in [3.05, 3.63) is 71.8 Å². The summed E-state index contributed by atoms with van der Waals surface area (Å²) in [6, 6.07) is 20.7. The summed E-state index contributed by atoms with van der Waals surface area (Å²) in [6.45, 7) is 1.92. The number of amides is 1. The quantitative estimate of drug-likeness (QED) is 0.236. The van der Waals surface area contributed by atoms with Crippen LogP contribution in [0.2, 0.25) is 0 Å². The van der Waals surface area contributed by atoms with Gasteiger partial charge in [0.05, 0.1) is 6.61 Å². The molecule has 29 heavy (non-hydrogen) atoms. The van der Waals surface area contributed by atoms with Gasteiger partial charge in [0.2, 0.25) is 5.91 Å². The summed E-state index contributed by atoms with van der Waals surface area (Å²) >= 11 is 0. The SMILES string of the molecule is COCCNC(=NCC(=O)N(C)C)NCC(c1ccccc1)c1ccccc1.I. The Bertz CT molecular complexity index is 699. The molecule has 2 aromatic rings. The summed E-state index contributed by atoms with van der Waals surface area (Å²) in [5.74, 6) is 0.723. The number of carbonyl (C=O) groups excluding carboxylic acids is 1. The molecular formula is C22H31IN4O2. The maximum atomic E-state index is 11.9. The topological polar surface area (TPSA) is 66.0 Å². The molecule has 0 fully saturated rings. The van der Waals surface area contributed by atoms with Crippen LogP contribution in [0.5, 0.6) is 0 Å². The summed E-state index contributed by atoms with van der Waals surface area (Å²) in [4.78, 5) is 17.9. The fourth-order valence-corrected chi connectivity index (χ4v) is 2.73. The molecule has 0 aromatic heterocycles. The van der Waals surface area contributed by atoms with E-state index in [1.54, 1.807) is 21.2 Å². The normalized spacial score (nSPS) is 11.0. The molecule has 6 nitrogen and oxygen atoms in total. The van der Waals surface area contributed by atoms with E-state index >= 15 is 0 Å². The average molecular weight is 510 g/mol. The van der Waals surface area contributed by atoms with E-state index in [-0.39, 0.29) is 42.3 Å². The van der Waals surface area contributed by atoms with Gasteiger partial charge in [-0.25, -0.2) is 4.99 Å². The summed E-state index contributed by atoms with van der Waals surface area (Å²) in [7, 11) is 5.11. The van der Waals surface area contributed by atoms with Gasteiger partial charge in [-0.1, -0.05) is 60.7 Å². The van der Waals surface area contributed by atoms with E-state index in [1.807, 2.05) is 36.4 Å². The minimum atomic E-state index is -0.0458. The lowest BCUT2D eigenvalue weighted by Crippen LogP contribution is -2.41. The molecule has 0 atom stereocenters. The second kappa shape index (κ2) is 13.9. The first-order chi connectivity index (χ1) is 13.6. The van der Waals surface area contributed by atoms with Crippen molar-refractivity contribution in [3.63, 3.8) is 0 Å². The van der Waals surface area contributed by atoms with Crippen molar-refractivity contribution < 1.29 is 9.53 Å². The van der Waals surface area contributed by atoms with Crippen LogP contribution >= 0.6 is 24.0 Å². The van der Waals surface area contributed by atoms with Crippen LogP contribution in [0.15, 0.2) is 65.7 Å². The molecule has 7 heteroatoms. The largest absolute Gasteiger partial charge is 0.383 e. The lowest BCUT2D eigenvalue weighted by Gasteiger charge is -2.21. The van der Waals surface area contributed by atoms with Gasteiger partial charge in [0.15, 0.2) is 5.96 Å². The predicted molar refractivity (Wildman–Crippen MR) is 129 cm³/mol. The van der Waals surface area contributed by atoms with Gasteiger partial charge in [0.25, 0.3) is 0 Å². The van der Waals surface area contributed by atoms with Crippen molar-refractivity contribution >= 4 is 35.8 Å². The average Bonchev–Trinajstić information content (AvgIpc) is 2.73. The summed E-state index contributed by atoms with van der Waals surface area (Å²) in [6.07, 6.45) is 0. The fourth-order valence-electron chi connectivity index (χ4n) is 2.73. The zero-order chi connectivity index (χ0) is 20.2. The smallest absolute Gasteiger partial charge is 0.243 e. The van der Waals surface area contributed by atoms with Gasteiger partial charge < -0.3 is 20.3 Å². The van der Waals surface area contributed by atoms with Crippen molar-refractivity contribution in [2.75, 3.05) is 47.4 Å². The maximum Gasteiger partial charge on any atom is 0.243 e. The molecule has 0 spiro atoms. The van der Waals surface area contributed by atoms with E-state index in [1.165, 1.54) is 16.0 Å². The lowest BCUT2D eigenvalue weighted by molar-refractivity contribution is -0.127. The second-order valence-electron chi connectivity index (χ2n) is 6.63. The first-order valence-electron chi connectivity index (χ1n) is 9.43. The molecule has 0 aliphatic carbocycles. The highest BCUT2D eigenvalue weighted by Gasteiger charge is 2.14. The second-order valence-corrected chi connectivity index (χ2v) is 6.63. The number of halogens is 1. The fraction of sp³-hybridized carbons (Fsp3) is 0.364. The Kier molecular flexibility index (Phi) is 12.0. The molecule has 0 aliphatic rings. The number of likely N-dealkylation sites (N-methyl/N-ethyl adjacent to an activating group) is 1. The Labute approximate surface area is 190 Å². The van der Waals surface area contributed by atoms with Crippen LogP contribution in [0, 0.1) is 0 Å². The molecule has 2 rings (SSSR count). The molecule has 0 heterocycles. The number of carbonyl (C=O) groups is 1. The Hall–Kier alpha value is -2.13. The Morgan fingerprint density at radius 1 is 1.00 bits per heavy atom. The highest BCUT2D eigenvalue weighted by molar-refractivity contribution is 14.0. The van der Waals surface area contributed by atoms with E-state index < -0.39 is 0 Å². The number of hydrogen-bond donors (Lipinski definition) is 2. The molecule has 0 unspecified atom stereocenters. The van der Waals surface area contributed by atoms with Crippen LogP contribution in [0.4, 0.5) is 0 Å². The van der Waals surface area contributed by atoms with Gasteiger partial charge >= 0.3 is 0 Å². The zero-order valence-corrected chi connectivity index (χ0v) is 19.6. The summed E-state index contributed by atoms with van der Waals surface area (Å²) in [5, 5.41) is 6.60. The number of ether oxygens (including phenoxy) is 1. The monoisotopic (exact) mass is 510 g/mol. The van der Waals surface area contributed by atoms with Crippen LogP contribution < -0.4 is 10.6 Å². The number of benzene rings is 2. The van der Waals surface area contributed by atoms with E-state index in [2.05, 4.69) is 39.9 Å². The van der Waals surface area contributed by atoms with Gasteiger partial charge in [0, 0.05) is 40.2 Å². The van der Waals surface area contributed by atoms with Gasteiger partial charge in [-0.05, 0) is 11.1 Å². The number of rotatable bonds is 9. The van der Waals surface area contributed by atoms with Crippen molar-refractivity contribution in [1.82, 2.24) is 15.5 Å². The minimum absolute atomic E-state index is 0. The summed E-state index contributed by atoms with van der Waals surface area (Å²) in [5.41, 5.74) is 2.45. The van der Waals surface area contributed by atoms with Crippen LogP contribution in [-0.4, -0.2) is 64.2 Å². The van der Waals surface area contributed by atoms with Crippen LogP contribution in [-0.2, 0) is 9.53 Å². The number of nitrogens with zero attached hydrogens (tertiary/aromatic N) is 2. The molecule has 2 N–H and O–H groups in total. The van der Waals surface area contributed by atoms with Gasteiger partial charge in [-0.3, -0.25) is 4.79 Å². The number of guanidine groups is 1. The molecule has 0 radical (unpaired) electrons. The van der Waals surface area contributed by atoms with Crippen molar-refractivity contribution in [1.29, 1.82) is 0 Å². The van der Waals surface area contributed by atoms with E-state index in [0.717, 1.165) is 0 Å². The Morgan fingerprint density at radius 2 is 1.55 bits per heavy atom. The number of aliphatic imine (C=N–C) groups is 1. The predicted octanol–water partition coefficient (Wildman–Crippen LogP) is 2.71. The molecule has 158 valence electrons. The molecule has 0 saturated carbocycles. The summed E-state index contributed by atoms with van der Waals surface area (Å²) < 4.78 is 5.10. The number of nitrogens with one attached hydrogen (secondary N) is 2. The molecular weight excluding hydrogens is 479 g/mol. The first kappa shape index (κ1) is 24.9. The highest BCUT2D eigenvalue weighted by atomic mass is 127. The lowest BCUT2D eigenvalue weighted by atomic mass is 9.91. The third-order valence-corrected chi connectivity index (χ3v) is 4.35. The molecule has 0 saturated heterocycles. The van der Waals surface area contributed by atoms with Crippen LogP contribution in [0.1, 0.15) is 17.0 Å². The van der Waals surface area contributed by atoms with Gasteiger partial charge in [-0.2, -0.15) is 0 Å². The van der Waals surface area contributed by atoms with Crippen molar-refractivity contribution in [2.45, 2.75) is 5.92 Å². The Balaban J connectivity index is 0.00000420. The zero-order valence-electron chi connectivity index (χ0n) is 17.3. The molecule has 1 amide bonds. The number of methoxy groups -OCH3 is 1. The minimum Gasteiger partial charge on any atom is -0.383 e. The maximum absolute atomic E-state index is 11.9. The first-order valence-corrected chi connectivity index (χ1v) is 9.43. The standard InChI is InChI=1S/C22H30N4O2.HI/c1-26(2)21(27)17-25-22(23-14-15-28-3)24-16-20(18-10-6-4-7-11-18)19-12-8-5-9-13-19;/h4-13,20H,14-17H2,1-3H3,(H2,23,24,25);1H. The molecule has 0 aliphatic heterocycles. The third kappa shape index (κ3) is 8.82.